The number of H-pyrrole nitrogens is 1. The Balaban J connectivity index is 1.65. The van der Waals surface area contributed by atoms with Crippen molar-refractivity contribution in [1.29, 1.82) is 0 Å². The number of nitrogens with one attached hydrogen (secondary N) is 1. The average Bonchev–Trinajstić information content (AvgIpc) is 3.38. The fraction of sp³-hybridized carbons (Fsp3) is 0.190. The number of hydrogen-bond donors (Lipinski definition) is 1. The highest BCUT2D eigenvalue weighted by Gasteiger charge is 2.43. The second kappa shape index (κ2) is 6.38. The van der Waals surface area contributed by atoms with E-state index in [0.29, 0.717) is 36.5 Å². The monoisotopic (exact) mass is 377 g/mol. The Hall–Kier alpha value is -3.32. The third kappa shape index (κ3) is 2.63. The predicted octanol–water partition coefficient (Wildman–Crippen LogP) is 3.42. The van der Waals surface area contributed by atoms with E-state index in [-0.39, 0.29) is 17.3 Å². The topological polar surface area (TPSA) is 81.0 Å². The summed E-state index contributed by atoms with van der Waals surface area (Å²) in [5.74, 6) is 0.434. The SMILES string of the molecule is O=c1cc(-c2nc(C3(c4ccc(F)cc4)CCOC3)no2)c2ccccc2[nH]1. The van der Waals surface area contributed by atoms with E-state index in [4.69, 9.17) is 9.26 Å². The molecule has 3 heterocycles. The molecule has 4 aromatic rings. The fourth-order valence-corrected chi connectivity index (χ4v) is 3.78. The Morgan fingerprint density at radius 2 is 1.93 bits per heavy atom. The number of benzene rings is 2. The Morgan fingerprint density at radius 3 is 2.71 bits per heavy atom. The Bertz CT molecular complexity index is 1210. The number of fused-ring (bicyclic) bond motifs is 1. The predicted molar refractivity (Wildman–Crippen MR) is 100 cm³/mol. The molecule has 6 nitrogen and oxygen atoms in total. The zero-order valence-corrected chi connectivity index (χ0v) is 14.8. The number of halogens is 1. The van der Waals surface area contributed by atoms with Crippen molar-refractivity contribution in [2.45, 2.75) is 11.8 Å². The Labute approximate surface area is 159 Å². The number of pyridine rings is 1. The van der Waals surface area contributed by atoms with Crippen LogP contribution in [0.15, 0.2) is 63.9 Å². The molecule has 0 spiro atoms. The quantitative estimate of drug-likeness (QED) is 0.592. The second-order valence-corrected chi connectivity index (χ2v) is 6.91. The number of aromatic amines is 1. The zero-order valence-electron chi connectivity index (χ0n) is 14.8. The van der Waals surface area contributed by atoms with E-state index in [1.165, 1.54) is 18.2 Å². The van der Waals surface area contributed by atoms with Gasteiger partial charge in [-0.1, -0.05) is 35.5 Å². The molecular weight excluding hydrogens is 361 g/mol. The van der Waals surface area contributed by atoms with Crippen LogP contribution in [0.3, 0.4) is 0 Å². The normalized spacial score (nSPS) is 19.3. The third-order valence-electron chi connectivity index (χ3n) is 5.25. The van der Waals surface area contributed by atoms with Crippen LogP contribution in [0.5, 0.6) is 0 Å². The highest BCUT2D eigenvalue weighted by Crippen LogP contribution is 2.39. The lowest BCUT2D eigenvalue weighted by atomic mass is 9.79. The zero-order chi connectivity index (χ0) is 19.1. The minimum absolute atomic E-state index is 0.245. The van der Waals surface area contributed by atoms with Crippen LogP contribution in [0.4, 0.5) is 4.39 Å². The molecule has 1 aliphatic rings. The standard InChI is InChI=1S/C21H16FN3O3/c22-14-7-5-13(6-8-14)21(9-10-27-12-21)20-24-19(28-25-20)16-11-18(26)23-17-4-2-1-3-15(16)17/h1-8,11H,9-10,12H2,(H,23,26). The smallest absolute Gasteiger partial charge is 0.258 e. The van der Waals surface area contributed by atoms with Gasteiger partial charge >= 0.3 is 0 Å². The molecule has 1 N–H and O–H groups in total. The van der Waals surface area contributed by atoms with E-state index < -0.39 is 5.41 Å². The van der Waals surface area contributed by atoms with E-state index in [1.54, 1.807) is 12.1 Å². The fourth-order valence-electron chi connectivity index (χ4n) is 3.78. The van der Waals surface area contributed by atoms with Gasteiger partial charge in [0.2, 0.25) is 5.56 Å². The minimum Gasteiger partial charge on any atom is -0.380 e. The molecule has 1 saturated heterocycles. The molecule has 1 atom stereocenters. The molecule has 28 heavy (non-hydrogen) atoms. The van der Waals surface area contributed by atoms with Gasteiger partial charge in [-0.3, -0.25) is 4.79 Å². The first-order valence-corrected chi connectivity index (χ1v) is 8.96. The third-order valence-corrected chi connectivity index (χ3v) is 5.25. The second-order valence-electron chi connectivity index (χ2n) is 6.91. The molecule has 0 saturated carbocycles. The van der Waals surface area contributed by atoms with Crippen LogP contribution in [0.2, 0.25) is 0 Å². The van der Waals surface area contributed by atoms with Crippen LogP contribution in [-0.4, -0.2) is 28.3 Å². The summed E-state index contributed by atoms with van der Waals surface area (Å²) in [6.07, 6.45) is 0.660. The molecule has 0 amide bonds. The summed E-state index contributed by atoms with van der Waals surface area (Å²) in [7, 11) is 0. The lowest BCUT2D eigenvalue weighted by Gasteiger charge is -2.23. The summed E-state index contributed by atoms with van der Waals surface area (Å²) >= 11 is 0. The number of hydrogen-bond acceptors (Lipinski definition) is 5. The summed E-state index contributed by atoms with van der Waals surface area (Å²) in [6, 6.07) is 15.2. The minimum atomic E-state index is -0.605. The maximum Gasteiger partial charge on any atom is 0.258 e. The first-order valence-electron chi connectivity index (χ1n) is 8.96. The molecule has 0 aliphatic carbocycles. The van der Waals surface area contributed by atoms with Gasteiger partial charge in [0.05, 0.1) is 17.6 Å². The van der Waals surface area contributed by atoms with Gasteiger partial charge in [-0.15, -0.1) is 0 Å². The van der Waals surface area contributed by atoms with Crippen LogP contribution < -0.4 is 5.56 Å². The Morgan fingerprint density at radius 1 is 1.11 bits per heavy atom. The van der Waals surface area contributed by atoms with Gasteiger partial charge in [-0.25, -0.2) is 4.39 Å². The summed E-state index contributed by atoms with van der Waals surface area (Å²) in [5, 5.41) is 5.03. The number of rotatable bonds is 3. The largest absolute Gasteiger partial charge is 0.380 e. The molecule has 2 aromatic carbocycles. The maximum atomic E-state index is 13.4. The van der Waals surface area contributed by atoms with Gasteiger partial charge in [-0.2, -0.15) is 4.98 Å². The van der Waals surface area contributed by atoms with Gasteiger partial charge in [-0.05, 0) is 30.2 Å². The van der Waals surface area contributed by atoms with Gasteiger partial charge in [0.25, 0.3) is 5.89 Å². The van der Waals surface area contributed by atoms with E-state index >= 15 is 0 Å². The van der Waals surface area contributed by atoms with E-state index in [1.807, 2.05) is 24.3 Å². The van der Waals surface area contributed by atoms with E-state index in [0.717, 1.165) is 10.9 Å². The number of para-hydroxylation sites is 1. The average molecular weight is 377 g/mol. The molecule has 5 rings (SSSR count). The van der Waals surface area contributed by atoms with E-state index in [2.05, 4.69) is 15.1 Å². The summed E-state index contributed by atoms with van der Waals surface area (Å²) in [4.78, 5) is 19.5. The van der Waals surface area contributed by atoms with Crippen molar-refractivity contribution in [2.24, 2.45) is 0 Å². The van der Waals surface area contributed by atoms with Crippen LogP contribution in [0, 0.1) is 5.82 Å². The highest BCUT2D eigenvalue weighted by molar-refractivity contribution is 5.91. The first-order chi connectivity index (χ1) is 13.7. The molecule has 2 aromatic heterocycles. The summed E-state index contributed by atoms with van der Waals surface area (Å²) in [6.45, 7) is 0.933. The van der Waals surface area contributed by atoms with Crippen molar-refractivity contribution in [2.75, 3.05) is 13.2 Å². The van der Waals surface area contributed by atoms with Crippen molar-refractivity contribution < 1.29 is 13.7 Å². The van der Waals surface area contributed by atoms with Crippen LogP contribution in [-0.2, 0) is 10.2 Å². The number of aromatic nitrogens is 3. The van der Waals surface area contributed by atoms with Gasteiger partial charge in [0.1, 0.15) is 5.82 Å². The molecule has 1 unspecified atom stereocenters. The summed E-state index contributed by atoms with van der Waals surface area (Å²) < 4.78 is 24.6. The molecular formula is C21H16FN3O3. The molecule has 1 fully saturated rings. The van der Waals surface area contributed by atoms with Crippen molar-refractivity contribution in [1.82, 2.24) is 15.1 Å². The summed E-state index contributed by atoms with van der Waals surface area (Å²) in [5.41, 5.74) is 1.29. The highest BCUT2D eigenvalue weighted by atomic mass is 19.1. The lowest BCUT2D eigenvalue weighted by Crippen LogP contribution is -2.29. The Kier molecular flexibility index (Phi) is 3.84. The molecule has 140 valence electrons. The van der Waals surface area contributed by atoms with Gasteiger partial charge < -0.3 is 14.2 Å². The van der Waals surface area contributed by atoms with Crippen molar-refractivity contribution in [3.05, 3.63) is 82.2 Å². The van der Waals surface area contributed by atoms with Crippen molar-refractivity contribution >= 4 is 10.9 Å². The van der Waals surface area contributed by atoms with Gasteiger partial charge in [0, 0.05) is 23.6 Å². The number of nitrogens with zero attached hydrogens (tertiary/aromatic N) is 2. The van der Waals surface area contributed by atoms with Crippen molar-refractivity contribution in [3.63, 3.8) is 0 Å². The maximum absolute atomic E-state index is 13.4. The lowest BCUT2D eigenvalue weighted by molar-refractivity contribution is 0.182. The number of ether oxygens (including phenoxy) is 1. The van der Waals surface area contributed by atoms with Gasteiger partial charge in [0.15, 0.2) is 5.82 Å². The van der Waals surface area contributed by atoms with E-state index in [9.17, 15) is 9.18 Å². The van der Waals surface area contributed by atoms with Crippen molar-refractivity contribution in [3.8, 4) is 11.5 Å². The van der Waals surface area contributed by atoms with Crippen LogP contribution in [0.1, 0.15) is 17.8 Å². The molecule has 0 radical (unpaired) electrons. The molecule has 7 heteroatoms. The van der Waals surface area contributed by atoms with Crippen LogP contribution in [0.25, 0.3) is 22.4 Å². The first kappa shape index (κ1) is 16.8. The van der Waals surface area contributed by atoms with Crippen LogP contribution >= 0.6 is 0 Å². The molecule has 1 aliphatic heterocycles. The molecule has 0 bridgehead atoms.